The van der Waals surface area contributed by atoms with Crippen LogP contribution in [0.4, 0.5) is 0 Å². The molecule has 0 radical (unpaired) electrons. The zero-order valence-electron chi connectivity index (χ0n) is 5.50. The summed E-state index contributed by atoms with van der Waals surface area (Å²) in [6, 6.07) is 1.73. The first-order valence-electron chi connectivity index (χ1n) is 3.09. The molecule has 0 saturated carbocycles. The number of carbonyl (C=O) groups is 1. The second-order valence-electron chi connectivity index (χ2n) is 2.21. The van der Waals surface area contributed by atoms with Gasteiger partial charge in [-0.05, 0) is 6.07 Å². The molecule has 56 valence electrons. The average molecular weight is 170 g/mol. The van der Waals surface area contributed by atoms with Crippen LogP contribution in [-0.4, -0.2) is 11.0 Å². The van der Waals surface area contributed by atoms with Crippen molar-refractivity contribution in [1.29, 1.82) is 0 Å². The van der Waals surface area contributed by atoms with E-state index in [9.17, 15) is 4.79 Å². The van der Waals surface area contributed by atoms with Crippen LogP contribution < -0.4 is 0 Å². The fraction of sp³-hybridized carbons (Fsp3) is 0.143. The molecular formula is C7H4ClNO2. The van der Waals surface area contributed by atoms with E-state index in [-0.39, 0.29) is 11.1 Å². The molecule has 0 fully saturated rings. The zero-order valence-corrected chi connectivity index (χ0v) is 6.26. The van der Waals surface area contributed by atoms with E-state index >= 15 is 0 Å². The van der Waals surface area contributed by atoms with Crippen LogP contribution in [0.5, 0.6) is 0 Å². The number of pyridine rings is 1. The van der Waals surface area contributed by atoms with Gasteiger partial charge in [0.25, 0.3) is 0 Å². The summed E-state index contributed by atoms with van der Waals surface area (Å²) in [5, 5.41) is 0.227. The van der Waals surface area contributed by atoms with E-state index in [2.05, 4.69) is 4.98 Å². The molecule has 0 bridgehead atoms. The summed E-state index contributed by atoms with van der Waals surface area (Å²) in [6.07, 6.45) is 1.56. The second-order valence-corrected chi connectivity index (χ2v) is 2.57. The van der Waals surface area contributed by atoms with Gasteiger partial charge in [-0.25, -0.2) is 9.78 Å². The predicted molar refractivity (Wildman–Crippen MR) is 38.4 cm³/mol. The number of cyclic esters (lactones) is 1. The summed E-state index contributed by atoms with van der Waals surface area (Å²) in [5.74, 6) is -0.377. The Morgan fingerprint density at radius 3 is 3.18 bits per heavy atom. The van der Waals surface area contributed by atoms with Crippen LogP contribution in [0.1, 0.15) is 15.9 Å². The summed E-state index contributed by atoms with van der Waals surface area (Å²) < 4.78 is 4.74. The smallest absolute Gasteiger partial charge is 0.342 e. The zero-order chi connectivity index (χ0) is 7.84. The number of halogens is 1. The summed E-state index contributed by atoms with van der Waals surface area (Å²) in [4.78, 5) is 14.7. The van der Waals surface area contributed by atoms with E-state index in [4.69, 9.17) is 16.3 Å². The number of hydrogen-bond donors (Lipinski definition) is 0. The molecule has 0 saturated heterocycles. The first kappa shape index (κ1) is 6.61. The van der Waals surface area contributed by atoms with Gasteiger partial charge in [-0.2, -0.15) is 0 Å². The van der Waals surface area contributed by atoms with Crippen molar-refractivity contribution in [2.24, 2.45) is 0 Å². The van der Waals surface area contributed by atoms with Gasteiger partial charge in [-0.1, -0.05) is 11.6 Å². The van der Waals surface area contributed by atoms with Gasteiger partial charge in [-0.3, -0.25) is 0 Å². The lowest BCUT2D eigenvalue weighted by atomic mass is 10.2. The molecule has 0 spiro atoms. The van der Waals surface area contributed by atoms with Crippen LogP contribution in [0.2, 0.25) is 5.15 Å². The Kier molecular flexibility index (Phi) is 1.32. The van der Waals surface area contributed by atoms with Crippen molar-refractivity contribution in [1.82, 2.24) is 4.98 Å². The van der Waals surface area contributed by atoms with Gasteiger partial charge in [0.05, 0.1) is 0 Å². The quantitative estimate of drug-likeness (QED) is 0.435. The van der Waals surface area contributed by atoms with Crippen molar-refractivity contribution in [3.8, 4) is 0 Å². The van der Waals surface area contributed by atoms with Gasteiger partial charge in [-0.15, -0.1) is 0 Å². The van der Waals surface area contributed by atoms with Crippen LogP contribution in [0.15, 0.2) is 12.3 Å². The molecule has 1 aliphatic heterocycles. The first-order valence-corrected chi connectivity index (χ1v) is 3.47. The van der Waals surface area contributed by atoms with Gasteiger partial charge < -0.3 is 4.74 Å². The van der Waals surface area contributed by atoms with Gasteiger partial charge in [0.2, 0.25) is 0 Å². The second kappa shape index (κ2) is 2.20. The molecule has 1 aliphatic rings. The maximum absolute atomic E-state index is 10.9. The molecule has 0 aromatic carbocycles. The Bertz CT molecular complexity index is 324. The van der Waals surface area contributed by atoms with E-state index < -0.39 is 0 Å². The predicted octanol–water partition coefficient (Wildman–Crippen LogP) is 1.41. The van der Waals surface area contributed by atoms with Gasteiger partial charge in [0, 0.05) is 11.8 Å². The fourth-order valence-electron chi connectivity index (χ4n) is 1.02. The summed E-state index contributed by atoms with van der Waals surface area (Å²) in [7, 11) is 0. The van der Waals surface area contributed by atoms with Crippen molar-refractivity contribution in [2.45, 2.75) is 6.61 Å². The maximum atomic E-state index is 10.9. The van der Waals surface area contributed by atoms with Crippen molar-refractivity contribution >= 4 is 17.6 Å². The van der Waals surface area contributed by atoms with Crippen LogP contribution in [0.3, 0.4) is 0 Å². The molecule has 3 nitrogen and oxygen atoms in total. The van der Waals surface area contributed by atoms with E-state index in [0.29, 0.717) is 12.2 Å². The van der Waals surface area contributed by atoms with Gasteiger partial charge >= 0.3 is 5.97 Å². The Hall–Kier alpha value is -1.09. The molecule has 1 aromatic heterocycles. The monoisotopic (exact) mass is 169 g/mol. The molecule has 0 unspecified atom stereocenters. The molecule has 0 atom stereocenters. The Balaban J connectivity index is 2.68. The third-order valence-electron chi connectivity index (χ3n) is 1.55. The van der Waals surface area contributed by atoms with E-state index in [0.717, 1.165) is 5.56 Å². The molecule has 0 amide bonds. The number of nitrogens with zero attached hydrogens (tertiary/aromatic N) is 1. The molecule has 0 N–H and O–H groups in total. The summed E-state index contributed by atoms with van der Waals surface area (Å²) in [5.41, 5.74) is 1.23. The van der Waals surface area contributed by atoms with E-state index in [1.54, 1.807) is 12.3 Å². The minimum Gasteiger partial charge on any atom is -0.457 e. The highest BCUT2D eigenvalue weighted by Gasteiger charge is 2.24. The lowest BCUT2D eigenvalue weighted by Gasteiger charge is -1.92. The van der Waals surface area contributed by atoms with Crippen molar-refractivity contribution < 1.29 is 9.53 Å². The number of carbonyl (C=O) groups excluding carboxylic acids is 1. The Morgan fingerprint density at radius 1 is 1.64 bits per heavy atom. The van der Waals surface area contributed by atoms with Crippen molar-refractivity contribution in [3.05, 3.63) is 28.5 Å². The van der Waals surface area contributed by atoms with E-state index in [1.165, 1.54) is 0 Å². The molecule has 0 aliphatic carbocycles. The number of fused-ring (bicyclic) bond motifs is 1. The average Bonchev–Trinajstić information content (AvgIpc) is 2.34. The molecular weight excluding hydrogens is 166 g/mol. The van der Waals surface area contributed by atoms with Crippen molar-refractivity contribution in [2.75, 3.05) is 0 Å². The number of esters is 1. The highest BCUT2D eigenvalue weighted by Crippen LogP contribution is 2.24. The van der Waals surface area contributed by atoms with E-state index in [1.807, 2.05) is 0 Å². The largest absolute Gasteiger partial charge is 0.457 e. The molecule has 2 heterocycles. The standard InChI is InChI=1S/C7H4ClNO2/c8-6-5-4(1-2-9-6)3-11-7(5)10/h1-2H,3H2. The summed E-state index contributed by atoms with van der Waals surface area (Å²) in [6.45, 7) is 0.316. The van der Waals surface area contributed by atoms with Crippen LogP contribution in [0.25, 0.3) is 0 Å². The van der Waals surface area contributed by atoms with Crippen LogP contribution >= 0.6 is 11.6 Å². The highest BCUT2D eigenvalue weighted by molar-refractivity contribution is 6.32. The normalized spacial score (nSPS) is 14.5. The maximum Gasteiger partial charge on any atom is 0.342 e. The van der Waals surface area contributed by atoms with Crippen LogP contribution in [-0.2, 0) is 11.3 Å². The van der Waals surface area contributed by atoms with Gasteiger partial charge in [0.1, 0.15) is 17.3 Å². The number of aromatic nitrogens is 1. The van der Waals surface area contributed by atoms with Gasteiger partial charge in [0.15, 0.2) is 0 Å². The molecule has 4 heteroatoms. The Labute approximate surface area is 68.0 Å². The minimum absolute atomic E-state index is 0.227. The molecule has 11 heavy (non-hydrogen) atoms. The third-order valence-corrected chi connectivity index (χ3v) is 1.84. The number of ether oxygens (including phenoxy) is 1. The summed E-state index contributed by atoms with van der Waals surface area (Å²) >= 11 is 5.65. The lowest BCUT2D eigenvalue weighted by molar-refractivity contribution is 0.0535. The highest BCUT2D eigenvalue weighted by atomic mass is 35.5. The molecule has 2 rings (SSSR count). The minimum atomic E-state index is -0.377. The first-order chi connectivity index (χ1) is 5.29. The topological polar surface area (TPSA) is 39.2 Å². The number of rotatable bonds is 0. The SMILES string of the molecule is O=C1OCc2ccnc(Cl)c21. The fourth-order valence-corrected chi connectivity index (χ4v) is 1.28. The third kappa shape index (κ3) is 0.886. The lowest BCUT2D eigenvalue weighted by Crippen LogP contribution is -1.95. The van der Waals surface area contributed by atoms with Crippen molar-refractivity contribution in [3.63, 3.8) is 0 Å². The molecule has 1 aromatic rings. The van der Waals surface area contributed by atoms with Crippen LogP contribution in [0, 0.1) is 0 Å². The Morgan fingerprint density at radius 2 is 2.45 bits per heavy atom. The number of hydrogen-bond acceptors (Lipinski definition) is 3.